The molecule has 0 bridgehead atoms. The van der Waals surface area contributed by atoms with Crippen LogP contribution in [0.15, 0.2) is 53.4 Å². The number of nitrogens with zero attached hydrogens (tertiary/aromatic N) is 4. The molecule has 25 heavy (non-hydrogen) atoms. The number of hydrogen-bond acceptors (Lipinski definition) is 6. The zero-order valence-electron chi connectivity index (χ0n) is 13.4. The van der Waals surface area contributed by atoms with Crippen molar-refractivity contribution in [3.05, 3.63) is 59.9 Å². The lowest BCUT2D eigenvalue weighted by Gasteiger charge is -2.08. The second-order valence-electron chi connectivity index (χ2n) is 5.35. The molecular weight excluding hydrogens is 338 g/mol. The lowest BCUT2D eigenvalue weighted by atomic mass is 10.2. The van der Waals surface area contributed by atoms with Gasteiger partial charge in [-0.15, -0.1) is 11.5 Å². The zero-order valence-corrected chi connectivity index (χ0v) is 14.2. The van der Waals surface area contributed by atoms with Crippen molar-refractivity contribution < 1.29 is 8.42 Å². The number of hydrogen-bond donors (Lipinski definition) is 1. The molecule has 8 heteroatoms. The minimum atomic E-state index is -3.24. The Morgan fingerprint density at radius 3 is 2.64 bits per heavy atom. The van der Waals surface area contributed by atoms with Gasteiger partial charge in [0.25, 0.3) is 0 Å². The van der Waals surface area contributed by atoms with Crippen molar-refractivity contribution in [2.24, 2.45) is 0 Å². The SMILES string of the molecule is C#Cc1cccc(NCc2nnnn2-c2ccc(S(C)(=O)=O)cc2)c1. The minimum absolute atomic E-state index is 0.245. The van der Waals surface area contributed by atoms with Crippen LogP contribution in [-0.2, 0) is 16.4 Å². The maximum Gasteiger partial charge on any atom is 0.175 e. The highest BCUT2D eigenvalue weighted by atomic mass is 32.2. The quantitative estimate of drug-likeness (QED) is 0.702. The van der Waals surface area contributed by atoms with Crippen LogP contribution in [0.3, 0.4) is 0 Å². The predicted octanol–water partition coefficient (Wildman–Crippen LogP) is 1.66. The average Bonchev–Trinajstić information content (AvgIpc) is 3.08. The normalized spacial score (nSPS) is 11.0. The van der Waals surface area contributed by atoms with Crippen molar-refractivity contribution in [3.63, 3.8) is 0 Å². The van der Waals surface area contributed by atoms with E-state index in [-0.39, 0.29) is 4.90 Å². The van der Waals surface area contributed by atoms with Gasteiger partial charge >= 0.3 is 0 Å². The number of aromatic nitrogens is 4. The Balaban J connectivity index is 1.80. The van der Waals surface area contributed by atoms with Crippen molar-refractivity contribution in [2.75, 3.05) is 11.6 Å². The van der Waals surface area contributed by atoms with Gasteiger partial charge < -0.3 is 5.32 Å². The second-order valence-corrected chi connectivity index (χ2v) is 7.37. The highest BCUT2D eigenvalue weighted by Crippen LogP contribution is 2.15. The van der Waals surface area contributed by atoms with E-state index >= 15 is 0 Å². The number of sulfone groups is 1. The first kappa shape index (κ1) is 16.7. The molecular formula is C17H15N5O2S. The fraction of sp³-hybridized carbons (Fsp3) is 0.118. The molecule has 0 unspecified atom stereocenters. The van der Waals surface area contributed by atoms with Crippen LogP contribution in [0.4, 0.5) is 5.69 Å². The third-order valence-electron chi connectivity index (χ3n) is 3.52. The van der Waals surface area contributed by atoms with Crippen molar-refractivity contribution >= 4 is 15.5 Å². The molecule has 0 fully saturated rings. The fourth-order valence-electron chi connectivity index (χ4n) is 2.25. The Labute approximate surface area is 145 Å². The Kier molecular flexibility index (Phi) is 4.50. The van der Waals surface area contributed by atoms with Crippen molar-refractivity contribution in [1.29, 1.82) is 0 Å². The molecule has 2 aromatic carbocycles. The van der Waals surface area contributed by atoms with Gasteiger partial charge in [0.05, 0.1) is 17.1 Å². The van der Waals surface area contributed by atoms with E-state index in [1.807, 2.05) is 24.3 Å². The first-order valence-electron chi connectivity index (χ1n) is 7.36. The van der Waals surface area contributed by atoms with E-state index in [4.69, 9.17) is 6.42 Å². The molecule has 1 aromatic heterocycles. The van der Waals surface area contributed by atoms with Gasteiger partial charge in [-0.25, -0.2) is 8.42 Å². The van der Waals surface area contributed by atoms with Crippen molar-refractivity contribution in [2.45, 2.75) is 11.4 Å². The summed E-state index contributed by atoms with van der Waals surface area (Å²) in [4.78, 5) is 0.245. The topological polar surface area (TPSA) is 89.8 Å². The lowest BCUT2D eigenvalue weighted by Crippen LogP contribution is -2.09. The molecule has 126 valence electrons. The lowest BCUT2D eigenvalue weighted by molar-refractivity contribution is 0.602. The molecule has 0 saturated carbocycles. The fourth-order valence-corrected chi connectivity index (χ4v) is 2.88. The highest BCUT2D eigenvalue weighted by molar-refractivity contribution is 7.90. The molecule has 3 rings (SSSR count). The number of benzene rings is 2. The molecule has 0 aliphatic heterocycles. The summed E-state index contributed by atoms with van der Waals surface area (Å²) < 4.78 is 24.6. The van der Waals surface area contributed by atoms with Crippen LogP contribution in [0.2, 0.25) is 0 Å². The summed E-state index contributed by atoms with van der Waals surface area (Å²) in [7, 11) is -3.24. The molecule has 0 atom stereocenters. The summed E-state index contributed by atoms with van der Waals surface area (Å²) in [6, 6.07) is 13.8. The molecule has 7 nitrogen and oxygen atoms in total. The van der Waals surface area contributed by atoms with Crippen molar-refractivity contribution in [1.82, 2.24) is 20.2 Å². The molecule has 1 heterocycles. The summed E-state index contributed by atoms with van der Waals surface area (Å²) >= 11 is 0. The summed E-state index contributed by atoms with van der Waals surface area (Å²) in [6.45, 7) is 0.384. The Morgan fingerprint density at radius 2 is 1.96 bits per heavy atom. The van der Waals surface area contributed by atoms with E-state index in [9.17, 15) is 8.42 Å². The van der Waals surface area contributed by atoms with Crippen LogP contribution in [0.5, 0.6) is 0 Å². The van der Waals surface area contributed by atoms with Crippen LogP contribution in [-0.4, -0.2) is 34.9 Å². The first-order chi connectivity index (χ1) is 12.0. The standard InChI is InChI=1S/C17H15N5O2S/c1-3-13-5-4-6-14(11-13)18-12-17-19-20-21-22(17)15-7-9-16(10-8-15)25(2,23)24/h1,4-11,18H,12H2,2H3. The van der Waals surface area contributed by atoms with Crippen LogP contribution in [0, 0.1) is 12.3 Å². The minimum Gasteiger partial charge on any atom is -0.378 e. The largest absolute Gasteiger partial charge is 0.378 e. The van der Waals surface area contributed by atoms with Gasteiger partial charge in [-0.2, -0.15) is 4.68 Å². The Hall–Kier alpha value is -3.18. The van der Waals surface area contributed by atoms with Gasteiger partial charge in [0.1, 0.15) is 0 Å². The molecule has 0 saturated heterocycles. The van der Waals surface area contributed by atoms with Gasteiger partial charge in [0.15, 0.2) is 15.7 Å². The zero-order chi connectivity index (χ0) is 17.9. The molecule has 3 aromatic rings. The van der Waals surface area contributed by atoms with E-state index in [2.05, 4.69) is 26.8 Å². The number of anilines is 1. The third kappa shape index (κ3) is 3.84. The smallest absolute Gasteiger partial charge is 0.175 e. The van der Waals surface area contributed by atoms with E-state index in [0.29, 0.717) is 18.1 Å². The summed E-state index contributed by atoms with van der Waals surface area (Å²) in [5.41, 5.74) is 2.31. The molecule has 1 N–H and O–H groups in total. The van der Waals surface area contributed by atoms with Crippen LogP contribution >= 0.6 is 0 Å². The van der Waals surface area contributed by atoms with E-state index in [1.165, 1.54) is 18.4 Å². The average molecular weight is 353 g/mol. The summed E-state index contributed by atoms with van der Waals surface area (Å²) in [5.74, 6) is 3.16. The van der Waals surface area contributed by atoms with Crippen LogP contribution in [0.1, 0.15) is 11.4 Å². The number of nitrogens with one attached hydrogen (secondary N) is 1. The van der Waals surface area contributed by atoms with E-state index in [0.717, 1.165) is 11.3 Å². The highest BCUT2D eigenvalue weighted by Gasteiger charge is 2.11. The molecule has 0 aliphatic rings. The Bertz CT molecular complexity index is 1030. The van der Waals surface area contributed by atoms with E-state index < -0.39 is 9.84 Å². The summed E-state index contributed by atoms with van der Waals surface area (Å²) in [5, 5.41) is 14.9. The van der Waals surface area contributed by atoms with Crippen LogP contribution in [0.25, 0.3) is 5.69 Å². The maximum atomic E-state index is 11.5. The second kappa shape index (κ2) is 6.75. The monoisotopic (exact) mass is 353 g/mol. The molecule has 0 aliphatic carbocycles. The van der Waals surface area contributed by atoms with Gasteiger partial charge in [-0.05, 0) is 52.9 Å². The van der Waals surface area contributed by atoms with Gasteiger partial charge in [-0.1, -0.05) is 12.0 Å². The molecule has 0 radical (unpaired) electrons. The molecule has 0 amide bonds. The van der Waals surface area contributed by atoms with E-state index in [1.54, 1.807) is 16.8 Å². The van der Waals surface area contributed by atoms with Gasteiger partial charge in [0.2, 0.25) is 0 Å². The number of terminal acetylenes is 1. The maximum absolute atomic E-state index is 11.5. The van der Waals surface area contributed by atoms with Gasteiger partial charge in [-0.3, -0.25) is 0 Å². The first-order valence-corrected chi connectivity index (χ1v) is 9.25. The van der Waals surface area contributed by atoms with Gasteiger partial charge in [0, 0.05) is 17.5 Å². The Morgan fingerprint density at radius 1 is 1.20 bits per heavy atom. The third-order valence-corrected chi connectivity index (χ3v) is 4.65. The van der Waals surface area contributed by atoms with Crippen LogP contribution < -0.4 is 5.32 Å². The summed E-state index contributed by atoms with van der Waals surface area (Å²) in [6.07, 6.45) is 6.56. The number of tetrazole rings is 1. The molecule has 0 spiro atoms. The van der Waals surface area contributed by atoms with Crippen molar-refractivity contribution in [3.8, 4) is 18.0 Å². The predicted molar refractivity (Wildman–Crippen MR) is 94.0 cm³/mol. The number of rotatable bonds is 5.